The molecular weight excluding hydrogens is 579 g/mol. The first kappa shape index (κ1) is 21.2. The fourth-order valence-electron chi connectivity index (χ4n) is 2.44. The van der Waals surface area contributed by atoms with Crippen LogP contribution in [-0.2, 0) is 0 Å². The van der Waals surface area contributed by atoms with Crippen molar-refractivity contribution in [2.75, 3.05) is 28.8 Å². The van der Waals surface area contributed by atoms with Gasteiger partial charge in [-0.2, -0.15) is 0 Å². The van der Waals surface area contributed by atoms with E-state index in [0.29, 0.717) is 0 Å². The van der Waals surface area contributed by atoms with Crippen molar-refractivity contribution in [3.8, 4) is 0 Å². The van der Waals surface area contributed by atoms with Crippen LogP contribution in [0.2, 0.25) is 0 Å². The van der Waals surface area contributed by atoms with Crippen LogP contribution in [0.4, 0.5) is 0 Å². The van der Waals surface area contributed by atoms with Crippen molar-refractivity contribution in [1.82, 2.24) is 0 Å². The van der Waals surface area contributed by atoms with Crippen molar-refractivity contribution < 1.29 is 0 Å². The van der Waals surface area contributed by atoms with Gasteiger partial charge in [0.25, 0.3) is 0 Å². The molecule has 0 radical (unpaired) electrons. The van der Waals surface area contributed by atoms with E-state index >= 15 is 0 Å². The van der Waals surface area contributed by atoms with Gasteiger partial charge in [0, 0.05) is 0 Å². The fraction of sp³-hybridized carbons (Fsp3) is 1.00. The summed E-state index contributed by atoms with van der Waals surface area (Å²) in [5.74, 6) is 6.96. The third-order valence-corrected chi connectivity index (χ3v) is 82.8. The van der Waals surface area contributed by atoms with Gasteiger partial charge in [0.1, 0.15) is 0 Å². The summed E-state index contributed by atoms with van der Waals surface area (Å²) in [6, 6.07) is 0. The minimum atomic E-state index is -2.98. The van der Waals surface area contributed by atoms with Crippen LogP contribution in [0.1, 0.15) is 32.6 Å². The molecule has 140 valence electrons. The zero-order valence-corrected chi connectivity index (χ0v) is 23.7. The molecule has 0 bridgehead atoms. The Balaban J connectivity index is 1.61. The summed E-state index contributed by atoms with van der Waals surface area (Å²) in [6.07, 6.45) is 5.88. The van der Waals surface area contributed by atoms with E-state index < -0.39 is 10.4 Å². The summed E-state index contributed by atoms with van der Waals surface area (Å²) in [7, 11) is 9.74. The molecule has 0 spiro atoms. The van der Waals surface area contributed by atoms with Crippen molar-refractivity contribution in [2.24, 2.45) is 0 Å². The van der Waals surface area contributed by atoms with Crippen molar-refractivity contribution in [2.45, 2.75) is 50.9 Å². The van der Waals surface area contributed by atoms with E-state index in [-0.39, 0.29) is 0 Å². The van der Waals surface area contributed by atoms with E-state index in [9.17, 15) is 0 Å². The number of thioether (sulfide) groups is 4. The van der Waals surface area contributed by atoms with Crippen LogP contribution in [-0.4, -0.2) is 57.5 Å². The second-order valence-electron chi connectivity index (χ2n) is 5.94. The maximum atomic E-state index is 2.56. The van der Waals surface area contributed by atoms with Crippen LogP contribution < -0.4 is 0 Å². The molecule has 4 atom stereocenters. The summed E-state index contributed by atoms with van der Waals surface area (Å²) in [5, 5.41) is 0. The van der Waals surface area contributed by atoms with Crippen molar-refractivity contribution in [3.63, 3.8) is 0 Å². The van der Waals surface area contributed by atoms with E-state index in [4.69, 9.17) is 0 Å². The molecule has 4 fully saturated rings. The van der Waals surface area contributed by atoms with Gasteiger partial charge in [0.05, 0.1) is 0 Å². The van der Waals surface area contributed by atoms with Crippen LogP contribution >= 0.6 is 91.3 Å². The van der Waals surface area contributed by atoms with Gasteiger partial charge >= 0.3 is 181 Å². The predicted molar refractivity (Wildman–Crippen MR) is 138 cm³/mol. The second kappa shape index (κ2) is 9.41. The Kier molecular flexibility index (Phi) is 8.31. The molecule has 4 unspecified atom stereocenters. The van der Waals surface area contributed by atoms with Gasteiger partial charge in [-0.05, 0) is 0 Å². The quantitative estimate of drug-likeness (QED) is 0.232. The van der Waals surface area contributed by atoms with E-state index in [1.165, 1.54) is 54.4 Å². The zero-order chi connectivity index (χ0) is 16.5. The summed E-state index contributed by atoms with van der Waals surface area (Å²) < 4.78 is 3.66. The van der Waals surface area contributed by atoms with E-state index in [0.717, 1.165) is 18.3 Å². The molecule has 0 aliphatic carbocycles. The number of rotatable bonds is 10. The van der Waals surface area contributed by atoms with Gasteiger partial charge in [0.15, 0.2) is 0 Å². The van der Waals surface area contributed by atoms with Crippen LogP contribution in [0.3, 0.4) is 0 Å². The molecule has 0 aromatic heterocycles. The molecule has 0 amide bonds. The Morgan fingerprint density at radius 2 is 0.958 bits per heavy atom. The number of hydrogen-bond acceptors (Lipinski definition) is 9. The minimum absolute atomic E-state index is 0.915. The average molecular weight is 604 g/mol. The molecule has 4 heterocycles. The van der Waals surface area contributed by atoms with Crippen molar-refractivity contribution >= 4 is 102 Å². The van der Waals surface area contributed by atoms with Crippen molar-refractivity contribution in [1.29, 1.82) is 0 Å². The summed E-state index contributed by atoms with van der Waals surface area (Å²) >= 11 is 9.02. The molecule has 4 rings (SSSR count). The molecule has 0 nitrogen and oxygen atoms in total. The Bertz CT molecular complexity index is 358. The van der Waals surface area contributed by atoms with Gasteiger partial charge in [-0.15, -0.1) is 0 Å². The predicted octanol–water partition coefficient (Wildman–Crippen LogP) is 7.41. The second-order valence-corrected chi connectivity index (χ2v) is 70.0. The van der Waals surface area contributed by atoms with E-state index in [2.05, 4.69) is 98.2 Å². The normalized spacial score (nSPS) is 37.3. The first-order valence-corrected chi connectivity index (χ1v) is 32.7. The number of hydrogen-bond donors (Lipinski definition) is 0. The van der Waals surface area contributed by atoms with Gasteiger partial charge < -0.3 is 0 Å². The average Bonchev–Trinajstić information content (AvgIpc) is 2.40. The van der Waals surface area contributed by atoms with Gasteiger partial charge in [-0.1, -0.05) is 0 Å². The molecule has 0 N–H and O–H groups in total. The topological polar surface area (TPSA) is 0 Å². The van der Waals surface area contributed by atoms with Crippen LogP contribution in [0.5, 0.6) is 0 Å². The molecule has 24 heavy (non-hydrogen) atoms. The monoisotopic (exact) mass is 602 g/mol. The summed E-state index contributed by atoms with van der Waals surface area (Å²) in [5.41, 5.74) is 0. The first-order valence-electron chi connectivity index (χ1n) is 8.58. The molecule has 0 aromatic rings. The van der Waals surface area contributed by atoms with Crippen molar-refractivity contribution in [3.05, 3.63) is 0 Å². The summed E-state index contributed by atoms with van der Waals surface area (Å²) in [4.78, 5) is 0. The molecule has 10 heteroatoms. The Labute approximate surface area is 178 Å². The molecule has 4 aliphatic heterocycles. The molecule has 0 aromatic carbocycles. The van der Waals surface area contributed by atoms with Gasteiger partial charge in [0.2, 0.25) is 0 Å². The third kappa shape index (κ3) is 4.99. The van der Waals surface area contributed by atoms with Crippen LogP contribution in [0, 0.1) is 0 Å². The van der Waals surface area contributed by atoms with E-state index in [1.807, 2.05) is 0 Å². The Morgan fingerprint density at radius 1 is 0.667 bits per heavy atom. The summed E-state index contributed by atoms with van der Waals surface area (Å²) in [6.45, 7) is 2.43. The molecular formula is C14H25S9Sb. The molecule has 0 saturated carbocycles. The zero-order valence-electron chi connectivity index (χ0n) is 13.8. The first-order chi connectivity index (χ1) is 11.7. The SMILES string of the molecule is CC[S][Sb]([S]C1CCS1)([S]C1CCS1)([S]C1CCS1)[S]C1CCS1. The Hall–Kier alpha value is 3.97. The van der Waals surface area contributed by atoms with Crippen LogP contribution in [0.25, 0.3) is 0 Å². The third-order valence-electron chi connectivity index (χ3n) is 4.13. The van der Waals surface area contributed by atoms with Gasteiger partial charge in [-0.25, -0.2) is 0 Å². The maximum absolute atomic E-state index is 2.98. The molecule has 4 saturated heterocycles. The van der Waals surface area contributed by atoms with Crippen LogP contribution in [0.15, 0.2) is 0 Å². The van der Waals surface area contributed by atoms with E-state index in [1.54, 1.807) is 0 Å². The molecule has 4 aliphatic rings. The Morgan fingerprint density at radius 3 is 1.12 bits per heavy atom. The van der Waals surface area contributed by atoms with Gasteiger partial charge in [-0.3, -0.25) is 0 Å². The fourth-order valence-corrected chi connectivity index (χ4v) is 126. The standard InChI is InChI=1S/4C3H6S2.C2H6S.Sb/c4*4-3-1-2-5-3;1-2-3;/h4*3-4H,1-2H2;3H,2H2,1H3;/q;;;;;+5/p-5.